The van der Waals surface area contributed by atoms with Crippen LogP contribution in [-0.2, 0) is 0 Å². The third kappa shape index (κ3) is 3.16. The summed E-state index contributed by atoms with van der Waals surface area (Å²) in [6.07, 6.45) is 0.715. The second kappa shape index (κ2) is 5.74. The molecular weight excluding hydrogens is 283 g/mol. The van der Waals surface area contributed by atoms with Crippen molar-refractivity contribution < 1.29 is 18.0 Å². The Labute approximate surface area is 120 Å². The van der Waals surface area contributed by atoms with Gasteiger partial charge in [0.1, 0.15) is 28.6 Å². The van der Waals surface area contributed by atoms with Crippen molar-refractivity contribution in [1.82, 2.24) is 10.2 Å². The molecule has 0 atom stereocenters. The van der Waals surface area contributed by atoms with Crippen LogP contribution in [0.4, 0.5) is 13.2 Å². The van der Waals surface area contributed by atoms with Gasteiger partial charge in [-0.2, -0.15) is 5.26 Å². The molecule has 112 valence electrons. The first-order valence-corrected chi connectivity index (χ1v) is 6.44. The second-order valence-corrected chi connectivity index (χ2v) is 5.20. The second-order valence-electron chi connectivity index (χ2n) is 5.20. The van der Waals surface area contributed by atoms with Crippen LogP contribution in [0.2, 0.25) is 0 Å². The first-order chi connectivity index (χ1) is 9.87. The number of hydrogen-bond acceptors (Lipinski definition) is 3. The molecule has 1 amide bonds. The number of hydrogen-bond donors (Lipinski definition) is 1. The van der Waals surface area contributed by atoms with Crippen LogP contribution in [0.25, 0.3) is 0 Å². The van der Waals surface area contributed by atoms with E-state index in [4.69, 9.17) is 0 Å². The molecule has 0 unspecified atom stereocenters. The molecule has 1 aromatic carbocycles. The van der Waals surface area contributed by atoms with Gasteiger partial charge in [0.2, 0.25) is 0 Å². The molecule has 1 aromatic rings. The molecule has 1 N–H and O–H groups in total. The number of benzene rings is 1. The Kier molecular flexibility index (Phi) is 4.19. The zero-order valence-corrected chi connectivity index (χ0v) is 11.4. The maximum absolute atomic E-state index is 13.6. The smallest absolute Gasteiger partial charge is 0.258 e. The van der Waals surface area contributed by atoms with Crippen LogP contribution in [-0.4, -0.2) is 36.5 Å². The van der Waals surface area contributed by atoms with E-state index >= 15 is 0 Å². The number of nitriles is 1. The average molecular weight is 297 g/mol. The van der Waals surface area contributed by atoms with Gasteiger partial charge in [-0.15, -0.1) is 0 Å². The van der Waals surface area contributed by atoms with Gasteiger partial charge in [-0.05, 0) is 19.9 Å². The molecule has 7 heteroatoms. The van der Waals surface area contributed by atoms with Crippen LogP contribution >= 0.6 is 0 Å². The van der Waals surface area contributed by atoms with Crippen molar-refractivity contribution in [1.29, 1.82) is 5.26 Å². The highest BCUT2D eigenvalue weighted by atomic mass is 19.1. The molecule has 0 bridgehead atoms. The predicted molar refractivity (Wildman–Crippen MR) is 68.9 cm³/mol. The lowest BCUT2D eigenvalue weighted by molar-refractivity contribution is 0.0873. The van der Waals surface area contributed by atoms with Gasteiger partial charge in [0, 0.05) is 25.2 Å². The molecule has 0 spiro atoms. The van der Waals surface area contributed by atoms with Crippen LogP contribution in [0.1, 0.15) is 23.2 Å². The van der Waals surface area contributed by atoms with Crippen molar-refractivity contribution >= 4 is 5.91 Å². The summed E-state index contributed by atoms with van der Waals surface area (Å²) < 4.78 is 40.0. The first-order valence-electron chi connectivity index (χ1n) is 6.44. The zero-order chi connectivity index (χ0) is 15.6. The Balaban J connectivity index is 2.24. The van der Waals surface area contributed by atoms with E-state index in [0.29, 0.717) is 38.1 Å². The van der Waals surface area contributed by atoms with Gasteiger partial charge < -0.3 is 10.2 Å². The summed E-state index contributed by atoms with van der Waals surface area (Å²) in [4.78, 5) is 14.0. The predicted octanol–water partition coefficient (Wildman–Crippen LogP) is 1.82. The summed E-state index contributed by atoms with van der Waals surface area (Å²) in [6.45, 7) is 1.17. The molecule has 0 aliphatic carbocycles. The summed E-state index contributed by atoms with van der Waals surface area (Å²) >= 11 is 0. The van der Waals surface area contributed by atoms with Crippen molar-refractivity contribution in [2.75, 3.05) is 20.1 Å². The molecule has 1 saturated heterocycles. The molecule has 21 heavy (non-hydrogen) atoms. The molecule has 1 aliphatic heterocycles. The lowest BCUT2D eigenvalue weighted by atomic mass is 9.88. The topological polar surface area (TPSA) is 56.1 Å². The standard InChI is InChI=1S/C14H14F3N3O/c1-20-4-2-14(8-18,3-5-20)19-13(21)12-10(16)6-9(15)7-11(12)17/h6-7H,2-5H2,1H3,(H,19,21). The fourth-order valence-corrected chi connectivity index (χ4v) is 2.30. The quantitative estimate of drug-likeness (QED) is 0.906. The molecule has 4 nitrogen and oxygen atoms in total. The average Bonchev–Trinajstić information content (AvgIpc) is 2.40. The number of piperidine rings is 1. The largest absolute Gasteiger partial charge is 0.333 e. The Morgan fingerprint density at radius 2 is 1.81 bits per heavy atom. The normalized spacial score (nSPS) is 18.0. The molecule has 1 fully saturated rings. The number of carbonyl (C=O) groups excluding carboxylic acids is 1. The van der Waals surface area contributed by atoms with Gasteiger partial charge in [0.25, 0.3) is 5.91 Å². The minimum absolute atomic E-state index is 0.357. The van der Waals surface area contributed by atoms with E-state index in [0.717, 1.165) is 0 Å². The summed E-state index contributed by atoms with van der Waals surface area (Å²) in [7, 11) is 1.88. The van der Waals surface area contributed by atoms with E-state index in [2.05, 4.69) is 5.32 Å². The van der Waals surface area contributed by atoms with Crippen molar-refractivity contribution in [2.45, 2.75) is 18.4 Å². The highest BCUT2D eigenvalue weighted by Gasteiger charge is 2.36. The lowest BCUT2D eigenvalue weighted by Gasteiger charge is -2.36. The zero-order valence-electron chi connectivity index (χ0n) is 11.4. The Bertz CT molecular complexity index is 581. The fourth-order valence-electron chi connectivity index (χ4n) is 2.30. The number of rotatable bonds is 2. The van der Waals surface area contributed by atoms with E-state index in [1.165, 1.54) is 0 Å². The maximum atomic E-state index is 13.6. The molecule has 1 heterocycles. The van der Waals surface area contributed by atoms with E-state index in [9.17, 15) is 23.2 Å². The monoisotopic (exact) mass is 297 g/mol. The van der Waals surface area contributed by atoms with Crippen LogP contribution in [0, 0.1) is 28.8 Å². The van der Waals surface area contributed by atoms with Crippen LogP contribution < -0.4 is 5.32 Å². The van der Waals surface area contributed by atoms with Gasteiger partial charge in [0.15, 0.2) is 0 Å². The van der Waals surface area contributed by atoms with Crippen molar-refractivity contribution in [2.24, 2.45) is 0 Å². The number of amides is 1. The van der Waals surface area contributed by atoms with Gasteiger partial charge >= 0.3 is 0 Å². The van der Waals surface area contributed by atoms with E-state index in [-0.39, 0.29) is 0 Å². The molecule has 2 rings (SSSR count). The minimum Gasteiger partial charge on any atom is -0.333 e. The van der Waals surface area contributed by atoms with E-state index in [1.807, 2.05) is 18.0 Å². The number of nitrogens with zero attached hydrogens (tertiary/aromatic N) is 2. The summed E-state index contributed by atoms with van der Waals surface area (Å²) in [6, 6.07) is 2.88. The first kappa shape index (κ1) is 15.3. The summed E-state index contributed by atoms with van der Waals surface area (Å²) in [5.74, 6) is -4.72. The van der Waals surface area contributed by atoms with Crippen LogP contribution in [0.3, 0.4) is 0 Å². The van der Waals surface area contributed by atoms with Gasteiger partial charge in [-0.1, -0.05) is 0 Å². The number of halogens is 3. The number of carbonyl (C=O) groups is 1. The van der Waals surface area contributed by atoms with Gasteiger partial charge in [0.05, 0.1) is 6.07 Å². The minimum atomic E-state index is -1.29. The Hall–Kier alpha value is -2.07. The van der Waals surface area contributed by atoms with Gasteiger partial charge in [-0.3, -0.25) is 4.79 Å². The van der Waals surface area contributed by atoms with Crippen LogP contribution in [0.15, 0.2) is 12.1 Å². The summed E-state index contributed by atoms with van der Waals surface area (Å²) in [5.41, 5.74) is -2.03. The highest BCUT2D eigenvalue weighted by molar-refractivity contribution is 5.95. The molecular formula is C14H14F3N3O. The molecule has 1 aliphatic rings. The Morgan fingerprint density at radius 1 is 1.29 bits per heavy atom. The fraction of sp³-hybridized carbons (Fsp3) is 0.429. The number of likely N-dealkylation sites (tertiary alicyclic amines) is 1. The Morgan fingerprint density at radius 3 is 2.29 bits per heavy atom. The van der Waals surface area contributed by atoms with E-state index in [1.54, 1.807) is 0 Å². The molecule has 0 saturated carbocycles. The van der Waals surface area contributed by atoms with Crippen molar-refractivity contribution in [3.8, 4) is 6.07 Å². The van der Waals surface area contributed by atoms with Gasteiger partial charge in [-0.25, -0.2) is 13.2 Å². The van der Waals surface area contributed by atoms with Crippen LogP contribution in [0.5, 0.6) is 0 Å². The number of nitrogens with one attached hydrogen (secondary N) is 1. The van der Waals surface area contributed by atoms with Crippen molar-refractivity contribution in [3.63, 3.8) is 0 Å². The van der Waals surface area contributed by atoms with Crippen molar-refractivity contribution in [3.05, 3.63) is 35.1 Å². The summed E-state index contributed by atoms with van der Waals surface area (Å²) in [5, 5.41) is 11.7. The molecule has 0 radical (unpaired) electrons. The lowest BCUT2D eigenvalue weighted by Crippen LogP contribution is -2.54. The SMILES string of the molecule is CN1CCC(C#N)(NC(=O)c2c(F)cc(F)cc2F)CC1. The maximum Gasteiger partial charge on any atom is 0.258 e. The molecule has 0 aromatic heterocycles. The van der Waals surface area contributed by atoms with E-state index < -0.39 is 34.5 Å². The highest BCUT2D eigenvalue weighted by Crippen LogP contribution is 2.23. The third-order valence-electron chi connectivity index (χ3n) is 3.64. The third-order valence-corrected chi connectivity index (χ3v) is 3.64.